The van der Waals surface area contributed by atoms with Gasteiger partial charge in [-0.25, -0.2) is 0 Å². The average Bonchev–Trinajstić information content (AvgIpc) is 2.61. The van der Waals surface area contributed by atoms with Gasteiger partial charge in [0.15, 0.2) is 0 Å². The molecule has 0 saturated heterocycles. The minimum absolute atomic E-state index is 0. The number of halogens is 1. The maximum Gasteiger partial charge on any atom is 0.0720 e. The summed E-state index contributed by atoms with van der Waals surface area (Å²) in [6, 6.07) is 19.0. The molecule has 1 heterocycles. The van der Waals surface area contributed by atoms with Crippen molar-refractivity contribution in [3.05, 3.63) is 65.9 Å². The van der Waals surface area contributed by atoms with E-state index in [2.05, 4.69) is 62.5 Å². The molecule has 0 radical (unpaired) electrons. The van der Waals surface area contributed by atoms with Crippen LogP contribution in [0.1, 0.15) is 25.1 Å². The van der Waals surface area contributed by atoms with Crippen molar-refractivity contribution in [2.45, 2.75) is 39.3 Å². The fourth-order valence-corrected chi connectivity index (χ4v) is 3.20. The Labute approximate surface area is 161 Å². The first-order valence-corrected chi connectivity index (χ1v) is 8.91. The van der Waals surface area contributed by atoms with Crippen molar-refractivity contribution in [1.29, 1.82) is 0 Å². The normalized spacial score (nSPS) is 12.2. The van der Waals surface area contributed by atoms with E-state index < -0.39 is 6.10 Å². The molecule has 3 aromatic rings. The van der Waals surface area contributed by atoms with Crippen LogP contribution in [0.25, 0.3) is 22.0 Å². The number of nitrogens with zero attached hydrogens (tertiary/aromatic N) is 1. The molecule has 0 fully saturated rings. The highest BCUT2D eigenvalue weighted by molar-refractivity contribution is 5.96. The van der Waals surface area contributed by atoms with Crippen molar-refractivity contribution in [3.8, 4) is 11.1 Å². The van der Waals surface area contributed by atoms with E-state index in [0.717, 1.165) is 22.2 Å². The van der Waals surface area contributed by atoms with E-state index in [1.165, 1.54) is 11.1 Å². The van der Waals surface area contributed by atoms with Gasteiger partial charge in [0.05, 0.1) is 11.6 Å². The van der Waals surface area contributed by atoms with Crippen molar-refractivity contribution in [2.75, 3.05) is 6.54 Å². The molecule has 0 bridgehead atoms. The van der Waals surface area contributed by atoms with E-state index in [1.54, 1.807) is 0 Å². The summed E-state index contributed by atoms with van der Waals surface area (Å²) in [4.78, 5) is 4.84. The summed E-state index contributed by atoms with van der Waals surface area (Å²) in [5.74, 6) is 0. The van der Waals surface area contributed by atoms with E-state index in [-0.39, 0.29) is 12.4 Å². The van der Waals surface area contributed by atoms with Gasteiger partial charge < -0.3 is 10.4 Å². The van der Waals surface area contributed by atoms with Gasteiger partial charge in [-0.2, -0.15) is 0 Å². The molecule has 4 heteroatoms. The smallest absolute Gasteiger partial charge is 0.0720 e. The Hall–Kier alpha value is -1.94. The molecule has 0 amide bonds. The number of pyridine rings is 1. The van der Waals surface area contributed by atoms with Crippen LogP contribution in [0, 0.1) is 6.92 Å². The number of nitrogens with one attached hydrogen (secondary N) is 1. The number of aromatic nitrogens is 1. The fourth-order valence-electron chi connectivity index (χ4n) is 3.20. The molecule has 0 aliphatic rings. The van der Waals surface area contributed by atoms with Gasteiger partial charge in [0.1, 0.15) is 0 Å². The van der Waals surface area contributed by atoms with Gasteiger partial charge in [0.2, 0.25) is 0 Å². The summed E-state index contributed by atoms with van der Waals surface area (Å²) in [6.45, 7) is 6.85. The van der Waals surface area contributed by atoms with Gasteiger partial charge in [-0.1, -0.05) is 62.4 Å². The number of rotatable bonds is 6. The van der Waals surface area contributed by atoms with Crippen LogP contribution in [0.15, 0.2) is 54.6 Å². The molecular formula is C22H27ClN2O. The van der Waals surface area contributed by atoms with E-state index in [0.29, 0.717) is 19.0 Å². The maximum absolute atomic E-state index is 10.4. The Balaban J connectivity index is 0.00000243. The number of aliphatic hydroxyl groups excluding tert-OH is 1. The molecular weight excluding hydrogens is 344 g/mol. The molecule has 0 saturated carbocycles. The van der Waals surface area contributed by atoms with Crippen LogP contribution in [0.4, 0.5) is 0 Å². The van der Waals surface area contributed by atoms with Crippen molar-refractivity contribution in [3.63, 3.8) is 0 Å². The number of fused-ring (bicyclic) bond motifs is 1. The Morgan fingerprint density at radius 1 is 1.00 bits per heavy atom. The van der Waals surface area contributed by atoms with Crippen LogP contribution < -0.4 is 5.32 Å². The predicted molar refractivity (Wildman–Crippen MR) is 112 cm³/mol. The lowest BCUT2D eigenvalue weighted by Crippen LogP contribution is -2.33. The summed E-state index contributed by atoms with van der Waals surface area (Å²) < 4.78 is 0. The highest BCUT2D eigenvalue weighted by atomic mass is 35.5. The van der Waals surface area contributed by atoms with Crippen molar-refractivity contribution in [2.24, 2.45) is 0 Å². The SMILES string of the molecule is Cc1c(CC(O)CNC(C)C)nc2ccccc2c1-c1ccccc1.Cl. The molecule has 3 nitrogen and oxygen atoms in total. The number of hydrogen-bond donors (Lipinski definition) is 2. The Morgan fingerprint density at radius 3 is 2.35 bits per heavy atom. The molecule has 0 aliphatic heterocycles. The minimum Gasteiger partial charge on any atom is -0.391 e. The zero-order valence-electron chi connectivity index (χ0n) is 15.6. The molecule has 1 unspecified atom stereocenters. The van der Waals surface area contributed by atoms with Gasteiger partial charge in [-0.05, 0) is 29.7 Å². The Morgan fingerprint density at radius 2 is 1.65 bits per heavy atom. The fraction of sp³-hybridized carbons (Fsp3) is 0.318. The first-order chi connectivity index (χ1) is 12.1. The number of hydrogen-bond acceptors (Lipinski definition) is 3. The minimum atomic E-state index is -0.446. The van der Waals surface area contributed by atoms with Crippen molar-refractivity contribution in [1.82, 2.24) is 10.3 Å². The molecule has 2 aromatic carbocycles. The lowest BCUT2D eigenvalue weighted by molar-refractivity contribution is 0.167. The monoisotopic (exact) mass is 370 g/mol. The van der Waals surface area contributed by atoms with Gasteiger partial charge in [0.25, 0.3) is 0 Å². The lowest BCUT2D eigenvalue weighted by atomic mass is 9.93. The van der Waals surface area contributed by atoms with Gasteiger partial charge in [0, 0.05) is 30.1 Å². The van der Waals surface area contributed by atoms with E-state index >= 15 is 0 Å². The van der Waals surface area contributed by atoms with Crippen molar-refractivity contribution >= 4 is 23.3 Å². The number of benzene rings is 2. The molecule has 138 valence electrons. The van der Waals surface area contributed by atoms with E-state index in [9.17, 15) is 5.11 Å². The third kappa shape index (κ3) is 4.61. The largest absolute Gasteiger partial charge is 0.391 e. The Bertz CT molecular complexity index is 849. The predicted octanol–water partition coefficient (Wildman–Crippen LogP) is 4.53. The van der Waals surface area contributed by atoms with Crippen LogP contribution in [0.2, 0.25) is 0 Å². The second-order valence-corrected chi connectivity index (χ2v) is 6.86. The molecule has 26 heavy (non-hydrogen) atoms. The zero-order valence-corrected chi connectivity index (χ0v) is 16.4. The highest BCUT2D eigenvalue weighted by Gasteiger charge is 2.16. The van der Waals surface area contributed by atoms with Crippen molar-refractivity contribution < 1.29 is 5.11 Å². The molecule has 0 aliphatic carbocycles. The summed E-state index contributed by atoms with van der Waals surface area (Å²) in [7, 11) is 0. The topological polar surface area (TPSA) is 45.1 Å². The Kier molecular flexibility index (Phi) is 7.15. The third-order valence-corrected chi connectivity index (χ3v) is 4.49. The van der Waals surface area contributed by atoms with Crippen LogP contribution in [0.3, 0.4) is 0 Å². The first-order valence-electron chi connectivity index (χ1n) is 8.91. The third-order valence-electron chi connectivity index (χ3n) is 4.49. The number of para-hydroxylation sites is 1. The highest BCUT2D eigenvalue weighted by Crippen LogP contribution is 2.32. The molecule has 2 N–H and O–H groups in total. The van der Waals surface area contributed by atoms with Crippen LogP contribution in [-0.4, -0.2) is 28.8 Å². The van der Waals surface area contributed by atoms with Gasteiger partial charge in [-0.3, -0.25) is 4.98 Å². The summed E-state index contributed by atoms with van der Waals surface area (Å²) in [6.07, 6.45) is 0.106. The van der Waals surface area contributed by atoms with Gasteiger partial charge >= 0.3 is 0 Å². The van der Waals surface area contributed by atoms with Crippen LogP contribution in [-0.2, 0) is 6.42 Å². The second-order valence-electron chi connectivity index (χ2n) is 6.86. The summed E-state index contributed by atoms with van der Waals surface area (Å²) in [5.41, 5.74) is 5.50. The van der Waals surface area contributed by atoms with E-state index in [4.69, 9.17) is 4.98 Å². The number of aliphatic hydroxyl groups is 1. The van der Waals surface area contributed by atoms with Crippen LogP contribution >= 0.6 is 12.4 Å². The standard InChI is InChI=1S/C22H26N2O.ClH/c1-15(2)23-14-18(25)13-21-16(3)22(17-9-5-4-6-10-17)19-11-7-8-12-20(19)24-21;/h4-12,15,18,23,25H,13-14H2,1-3H3;1H. The quantitative estimate of drug-likeness (QED) is 0.669. The zero-order chi connectivity index (χ0) is 17.8. The summed E-state index contributed by atoms with van der Waals surface area (Å²) in [5, 5.41) is 14.9. The van der Waals surface area contributed by atoms with Gasteiger partial charge in [-0.15, -0.1) is 12.4 Å². The van der Waals surface area contributed by atoms with Crippen LogP contribution in [0.5, 0.6) is 0 Å². The molecule has 1 atom stereocenters. The average molecular weight is 371 g/mol. The van der Waals surface area contributed by atoms with E-state index in [1.807, 2.05) is 18.2 Å². The summed E-state index contributed by atoms with van der Waals surface area (Å²) >= 11 is 0. The lowest BCUT2D eigenvalue weighted by Gasteiger charge is -2.18. The molecule has 0 spiro atoms. The maximum atomic E-state index is 10.4. The molecule has 3 rings (SSSR count). The first kappa shape index (κ1) is 20.4. The second kappa shape index (κ2) is 9.13. The molecule has 1 aromatic heterocycles.